The summed E-state index contributed by atoms with van der Waals surface area (Å²) in [6.07, 6.45) is 1.59. The van der Waals surface area contributed by atoms with E-state index in [2.05, 4.69) is 22.5 Å². The van der Waals surface area contributed by atoms with E-state index in [-0.39, 0.29) is 17.7 Å². The summed E-state index contributed by atoms with van der Waals surface area (Å²) in [6.45, 7) is 3.91. The maximum absolute atomic E-state index is 12.7. The van der Waals surface area contributed by atoms with E-state index in [9.17, 15) is 14.4 Å². The van der Waals surface area contributed by atoms with Crippen LogP contribution in [0.3, 0.4) is 0 Å². The normalized spacial score (nSPS) is 11.3. The van der Waals surface area contributed by atoms with Gasteiger partial charge in [-0.2, -0.15) is 0 Å². The second-order valence-corrected chi connectivity index (χ2v) is 6.79. The van der Waals surface area contributed by atoms with Crippen molar-refractivity contribution in [3.05, 3.63) is 96.1 Å². The minimum absolute atomic E-state index is 0.0691. The number of fused-ring (bicyclic) bond motifs is 3. The van der Waals surface area contributed by atoms with Crippen LogP contribution in [0.4, 0.5) is 16.2 Å². The Balaban J connectivity index is 1.46. The largest absolute Gasteiger partial charge is 0.334 e. The van der Waals surface area contributed by atoms with E-state index in [0.29, 0.717) is 34.6 Å². The van der Waals surface area contributed by atoms with Gasteiger partial charge in [0.25, 0.3) is 5.91 Å². The standard InChI is InChI=1S/C24H19N3O3/c1-2-13-25-24(30)27-17-10-8-16(9-11-17)26-23(29)15-7-12-19-18-5-3-4-6-20(18)22(28)21(19)14-15/h2-12,14H,1,13H2,(H,26,29)(H2,25,27,30). The molecule has 1 aliphatic rings. The van der Waals surface area contributed by atoms with Crippen LogP contribution in [-0.2, 0) is 0 Å². The summed E-state index contributed by atoms with van der Waals surface area (Å²) < 4.78 is 0. The molecular weight excluding hydrogens is 378 g/mol. The van der Waals surface area contributed by atoms with Gasteiger partial charge in [-0.05, 0) is 47.5 Å². The average molecular weight is 397 g/mol. The number of rotatable bonds is 5. The lowest BCUT2D eigenvalue weighted by molar-refractivity contribution is 0.102. The minimum atomic E-state index is -0.338. The van der Waals surface area contributed by atoms with Crippen molar-refractivity contribution in [2.75, 3.05) is 17.2 Å². The maximum Gasteiger partial charge on any atom is 0.319 e. The molecule has 3 aromatic rings. The van der Waals surface area contributed by atoms with E-state index in [1.807, 2.05) is 24.3 Å². The highest BCUT2D eigenvalue weighted by molar-refractivity contribution is 6.22. The Morgan fingerprint density at radius 2 is 1.43 bits per heavy atom. The highest BCUT2D eigenvalue weighted by atomic mass is 16.2. The highest BCUT2D eigenvalue weighted by Gasteiger charge is 2.27. The predicted molar refractivity (Wildman–Crippen MR) is 117 cm³/mol. The van der Waals surface area contributed by atoms with Crippen LogP contribution in [0.5, 0.6) is 0 Å². The first-order chi connectivity index (χ1) is 14.6. The third-order valence-corrected chi connectivity index (χ3v) is 4.80. The fourth-order valence-corrected chi connectivity index (χ4v) is 3.35. The Morgan fingerprint density at radius 1 is 0.800 bits per heavy atom. The van der Waals surface area contributed by atoms with Gasteiger partial charge in [0.1, 0.15) is 0 Å². The Labute approximate surface area is 173 Å². The Morgan fingerprint density at radius 3 is 2.13 bits per heavy atom. The lowest BCUT2D eigenvalue weighted by Gasteiger charge is -2.09. The summed E-state index contributed by atoms with van der Waals surface area (Å²) in [7, 11) is 0. The summed E-state index contributed by atoms with van der Waals surface area (Å²) in [5, 5.41) is 8.11. The molecule has 0 aromatic heterocycles. The van der Waals surface area contributed by atoms with Crippen LogP contribution in [0.25, 0.3) is 11.1 Å². The molecule has 4 rings (SSSR count). The molecule has 3 N–H and O–H groups in total. The van der Waals surface area contributed by atoms with Gasteiger partial charge in [0, 0.05) is 34.6 Å². The average Bonchev–Trinajstić information content (AvgIpc) is 3.05. The molecular formula is C24H19N3O3. The number of hydrogen-bond donors (Lipinski definition) is 3. The van der Waals surface area contributed by atoms with E-state index < -0.39 is 0 Å². The van der Waals surface area contributed by atoms with Crippen molar-refractivity contribution in [2.45, 2.75) is 0 Å². The van der Waals surface area contributed by atoms with Crippen molar-refractivity contribution >= 4 is 29.1 Å². The zero-order valence-electron chi connectivity index (χ0n) is 16.1. The van der Waals surface area contributed by atoms with Crippen molar-refractivity contribution in [3.63, 3.8) is 0 Å². The molecule has 0 bridgehead atoms. The molecule has 6 nitrogen and oxygen atoms in total. The second-order valence-electron chi connectivity index (χ2n) is 6.79. The van der Waals surface area contributed by atoms with Gasteiger partial charge in [0.15, 0.2) is 5.78 Å². The molecule has 0 heterocycles. The van der Waals surface area contributed by atoms with Crippen LogP contribution >= 0.6 is 0 Å². The topological polar surface area (TPSA) is 87.3 Å². The fraction of sp³-hybridized carbons (Fsp3) is 0.0417. The zero-order chi connectivity index (χ0) is 21.1. The van der Waals surface area contributed by atoms with Gasteiger partial charge in [-0.3, -0.25) is 9.59 Å². The van der Waals surface area contributed by atoms with Crippen LogP contribution in [0.15, 0.2) is 79.4 Å². The summed E-state index contributed by atoms with van der Waals surface area (Å²) in [6, 6.07) is 19.0. The molecule has 3 aromatic carbocycles. The molecule has 0 spiro atoms. The molecule has 0 radical (unpaired) electrons. The third kappa shape index (κ3) is 3.71. The molecule has 0 saturated heterocycles. The number of benzene rings is 3. The van der Waals surface area contributed by atoms with Gasteiger partial charge < -0.3 is 16.0 Å². The van der Waals surface area contributed by atoms with Gasteiger partial charge in [-0.1, -0.05) is 36.4 Å². The molecule has 0 fully saturated rings. The quantitative estimate of drug-likeness (QED) is 0.435. The van der Waals surface area contributed by atoms with Gasteiger partial charge in [-0.15, -0.1) is 6.58 Å². The fourth-order valence-electron chi connectivity index (χ4n) is 3.35. The predicted octanol–water partition coefficient (Wildman–Crippen LogP) is 4.46. The van der Waals surface area contributed by atoms with Crippen LogP contribution < -0.4 is 16.0 Å². The first kappa shape index (κ1) is 19.1. The summed E-state index contributed by atoms with van der Waals surface area (Å²) in [5.74, 6) is -0.383. The van der Waals surface area contributed by atoms with Crippen molar-refractivity contribution in [1.29, 1.82) is 0 Å². The number of anilines is 2. The number of amides is 3. The summed E-state index contributed by atoms with van der Waals surface area (Å²) in [4.78, 5) is 37.0. The van der Waals surface area contributed by atoms with Crippen LogP contribution in [0, 0.1) is 0 Å². The number of ketones is 1. The molecule has 0 atom stereocenters. The number of hydrogen-bond acceptors (Lipinski definition) is 3. The van der Waals surface area contributed by atoms with Crippen LogP contribution in [0.1, 0.15) is 26.3 Å². The number of urea groups is 1. The van der Waals surface area contributed by atoms with Crippen molar-refractivity contribution in [1.82, 2.24) is 5.32 Å². The summed E-state index contributed by atoms with van der Waals surface area (Å²) in [5.41, 5.74) is 4.50. The van der Waals surface area contributed by atoms with Crippen LogP contribution in [0.2, 0.25) is 0 Å². The first-order valence-corrected chi connectivity index (χ1v) is 9.42. The second kappa shape index (κ2) is 8.05. The van der Waals surface area contributed by atoms with E-state index >= 15 is 0 Å². The molecule has 30 heavy (non-hydrogen) atoms. The smallest absolute Gasteiger partial charge is 0.319 e. The van der Waals surface area contributed by atoms with Gasteiger partial charge in [-0.25, -0.2) is 4.79 Å². The molecule has 0 aliphatic heterocycles. The maximum atomic E-state index is 12.7. The van der Waals surface area contributed by atoms with E-state index in [1.165, 1.54) is 0 Å². The van der Waals surface area contributed by atoms with Crippen molar-refractivity contribution in [3.8, 4) is 11.1 Å². The first-order valence-electron chi connectivity index (χ1n) is 9.42. The number of carbonyl (C=O) groups excluding carboxylic acids is 3. The van der Waals surface area contributed by atoms with Crippen LogP contribution in [-0.4, -0.2) is 24.3 Å². The lowest BCUT2D eigenvalue weighted by atomic mass is 10.0. The van der Waals surface area contributed by atoms with Gasteiger partial charge in [0.2, 0.25) is 0 Å². The SMILES string of the molecule is C=CCNC(=O)Nc1ccc(NC(=O)c2ccc3c(c2)C(=O)c2ccccc2-3)cc1. The summed E-state index contributed by atoms with van der Waals surface area (Å²) >= 11 is 0. The highest BCUT2D eigenvalue weighted by Crippen LogP contribution is 2.36. The lowest BCUT2D eigenvalue weighted by Crippen LogP contribution is -2.28. The molecule has 0 saturated carbocycles. The van der Waals surface area contributed by atoms with Crippen molar-refractivity contribution in [2.24, 2.45) is 0 Å². The van der Waals surface area contributed by atoms with E-state index in [1.54, 1.807) is 48.5 Å². The Bertz CT molecular complexity index is 1170. The zero-order valence-corrected chi connectivity index (χ0v) is 16.1. The molecule has 148 valence electrons. The number of carbonyl (C=O) groups is 3. The molecule has 6 heteroatoms. The third-order valence-electron chi connectivity index (χ3n) is 4.80. The van der Waals surface area contributed by atoms with Gasteiger partial charge >= 0.3 is 6.03 Å². The Kier molecular flexibility index (Phi) is 5.13. The molecule has 3 amide bonds. The monoisotopic (exact) mass is 397 g/mol. The Hall–Kier alpha value is -4.19. The van der Waals surface area contributed by atoms with E-state index in [0.717, 1.165) is 11.1 Å². The minimum Gasteiger partial charge on any atom is -0.334 e. The van der Waals surface area contributed by atoms with E-state index in [4.69, 9.17) is 0 Å². The number of nitrogens with one attached hydrogen (secondary N) is 3. The van der Waals surface area contributed by atoms with Gasteiger partial charge in [0.05, 0.1) is 0 Å². The van der Waals surface area contributed by atoms with Crippen molar-refractivity contribution < 1.29 is 14.4 Å². The molecule has 1 aliphatic carbocycles. The molecule has 0 unspecified atom stereocenters.